The molecule has 2 amide bonds. The zero-order chi connectivity index (χ0) is 29.8. The Morgan fingerprint density at radius 3 is 2.17 bits per heavy atom. The maximum Gasteiger partial charge on any atom is 0.253 e. The molecule has 3 aromatic rings. The number of carbonyl (C=O) groups is 2. The summed E-state index contributed by atoms with van der Waals surface area (Å²) >= 11 is 0. The van der Waals surface area contributed by atoms with Crippen LogP contribution in [0, 0.1) is 11.3 Å². The van der Waals surface area contributed by atoms with Crippen molar-refractivity contribution in [2.24, 2.45) is 0 Å². The summed E-state index contributed by atoms with van der Waals surface area (Å²) in [6, 6.07) is 25.4. The van der Waals surface area contributed by atoms with Gasteiger partial charge < -0.3 is 20.6 Å². The Morgan fingerprint density at radius 1 is 0.927 bits per heavy atom. The number of aliphatic hydroxyl groups excluding tert-OH is 1. The lowest BCUT2D eigenvalue weighted by Gasteiger charge is -2.31. The van der Waals surface area contributed by atoms with Crippen molar-refractivity contribution in [3.63, 3.8) is 0 Å². The van der Waals surface area contributed by atoms with Gasteiger partial charge in [0, 0.05) is 36.3 Å². The molecule has 0 aliphatic carbocycles. The van der Waals surface area contributed by atoms with E-state index in [9.17, 15) is 14.7 Å². The van der Waals surface area contributed by atoms with E-state index in [2.05, 4.69) is 16.7 Å². The number of hydrogen-bond acceptors (Lipinski definition) is 5. The van der Waals surface area contributed by atoms with Gasteiger partial charge in [-0.15, -0.1) is 0 Å². The fourth-order valence-corrected chi connectivity index (χ4v) is 4.80. The molecule has 3 aromatic carbocycles. The van der Waals surface area contributed by atoms with Gasteiger partial charge in [-0.25, -0.2) is 0 Å². The fraction of sp³-hybridized carbons (Fsp3) is 0.382. The average Bonchev–Trinajstić information content (AvgIpc) is 2.99. The topological polar surface area (TPSA) is 105 Å². The molecule has 0 saturated carbocycles. The molecular weight excluding hydrogens is 512 g/mol. The molecule has 0 unspecified atom stereocenters. The maximum atomic E-state index is 13.4. The van der Waals surface area contributed by atoms with E-state index in [4.69, 9.17) is 5.26 Å². The van der Waals surface area contributed by atoms with Gasteiger partial charge in [-0.05, 0) is 74.6 Å². The van der Waals surface area contributed by atoms with Gasteiger partial charge in [0.05, 0.1) is 23.8 Å². The minimum Gasteiger partial charge on any atom is -0.390 e. The molecule has 3 N–H and O–H groups in total. The zero-order valence-corrected chi connectivity index (χ0v) is 24.6. The molecule has 2 atom stereocenters. The quantitative estimate of drug-likeness (QED) is 0.259. The minimum atomic E-state index is -0.897. The van der Waals surface area contributed by atoms with Gasteiger partial charge in [-0.1, -0.05) is 62.4 Å². The molecule has 0 aliphatic rings. The molecule has 0 aromatic heterocycles. The Hall–Kier alpha value is -3.99. The number of rotatable bonds is 14. The molecule has 41 heavy (non-hydrogen) atoms. The highest BCUT2D eigenvalue weighted by Crippen LogP contribution is 2.21. The van der Waals surface area contributed by atoms with Crippen LogP contribution >= 0.6 is 0 Å². The van der Waals surface area contributed by atoms with E-state index < -0.39 is 17.7 Å². The molecule has 0 heterocycles. The Bertz CT molecular complexity index is 1310. The molecule has 0 fully saturated rings. The third-order valence-electron chi connectivity index (χ3n) is 7.21. The number of nitrogens with zero attached hydrogens (tertiary/aromatic N) is 2. The van der Waals surface area contributed by atoms with Crippen molar-refractivity contribution in [2.45, 2.75) is 64.6 Å². The van der Waals surface area contributed by atoms with E-state index in [0.717, 1.165) is 24.0 Å². The van der Waals surface area contributed by atoms with Crippen molar-refractivity contribution in [3.05, 3.63) is 107 Å². The monoisotopic (exact) mass is 554 g/mol. The van der Waals surface area contributed by atoms with Crippen molar-refractivity contribution in [2.75, 3.05) is 19.6 Å². The second kappa shape index (κ2) is 15.1. The molecule has 216 valence electrons. The third-order valence-corrected chi connectivity index (χ3v) is 7.21. The fourth-order valence-electron chi connectivity index (χ4n) is 4.80. The van der Waals surface area contributed by atoms with Crippen LogP contribution in [-0.4, -0.2) is 53.6 Å². The summed E-state index contributed by atoms with van der Waals surface area (Å²) < 4.78 is 0. The van der Waals surface area contributed by atoms with Crippen molar-refractivity contribution in [3.8, 4) is 6.07 Å². The van der Waals surface area contributed by atoms with Crippen LogP contribution in [0.3, 0.4) is 0 Å². The van der Waals surface area contributed by atoms with Gasteiger partial charge in [0.15, 0.2) is 0 Å². The van der Waals surface area contributed by atoms with Crippen molar-refractivity contribution in [1.29, 1.82) is 5.26 Å². The molecule has 3 rings (SSSR count). The smallest absolute Gasteiger partial charge is 0.253 e. The first-order valence-corrected chi connectivity index (χ1v) is 14.4. The molecule has 7 nitrogen and oxygen atoms in total. The highest BCUT2D eigenvalue weighted by atomic mass is 16.3. The van der Waals surface area contributed by atoms with Crippen LogP contribution < -0.4 is 10.6 Å². The van der Waals surface area contributed by atoms with Gasteiger partial charge >= 0.3 is 0 Å². The lowest BCUT2D eigenvalue weighted by Crippen LogP contribution is -2.51. The number of nitrogens with one attached hydrogen (secondary N) is 2. The third kappa shape index (κ3) is 9.01. The van der Waals surface area contributed by atoms with Gasteiger partial charge in [0.1, 0.15) is 0 Å². The molecule has 7 heteroatoms. The standard InChI is InChI=1S/C34H42N4O3/c1-5-19-38(20-6-2)33(41)28-14-10-13-27(22-28)32(40)37-30(21-25-11-8-7-9-12-25)31(39)24-36-34(3,4)29-17-15-26(23-35)16-18-29/h7-18,22,30-31,36,39H,5-6,19-21,24H2,1-4H3,(H,37,40)/t30-,31+/m0/s1. The van der Waals surface area contributed by atoms with Gasteiger partial charge in [0.25, 0.3) is 11.8 Å². The molecule has 0 saturated heterocycles. The normalized spacial score (nSPS) is 12.7. The lowest BCUT2D eigenvalue weighted by atomic mass is 9.92. The number of nitriles is 1. The SMILES string of the molecule is CCCN(CCC)C(=O)c1cccc(C(=O)N[C@@H](Cc2ccccc2)[C@H](O)CNC(C)(C)c2ccc(C#N)cc2)c1. The molecular formula is C34H42N4O3. The predicted molar refractivity (Wildman–Crippen MR) is 163 cm³/mol. The molecule has 0 bridgehead atoms. The second-order valence-corrected chi connectivity index (χ2v) is 10.9. The summed E-state index contributed by atoms with van der Waals surface area (Å²) in [5.41, 5.74) is 2.93. The van der Waals surface area contributed by atoms with Gasteiger partial charge in [-0.3, -0.25) is 9.59 Å². The van der Waals surface area contributed by atoms with Crippen LogP contribution in [0.5, 0.6) is 0 Å². The predicted octanol–water partition coefficient (Wildman–Crippen LogP) is 5.05. The Labute approximate surface area is 244 Å². The van der Waals surface area contributed by atoms with Crippen LogP contribution in [-0.2, 0) is 12.0 Å². The first kappa shape index (κ1) is 31.5. The summed E-state index contributed by atoms with van der Waals surface area (Å²) in [4.78, 5) is 28.4. The number of carbonyl (C=O) groups excluding carboxylic acids is 2. The van der Waals surface area contributed by atoms with E-state index in [1.165, 1.54) is 0 Å². The van der Waals surface area contributed by atoms with Gasteiger partial charge in [-0.2, -0.15) is 5.26 Å². The van der Waals surface area contributed by atoms with Crippen molar-refractivity contribution >= 4 is 11.8 Å². The molecule has 0 aliphatic heterocycles. The van der Waals surface area contributed by atoms with Crippen LogP contribution in [0.2, 0.25) is 0 Å². The summed E-state index contributed by atoms with van der Waals surface area (Å²) in [7, 11) is 0. The lowest BCUT2D eigenvalue weighted by molar-refractivity contribution is 0.0755. The van der Waals surface area contributed by atoms with Crippen molar-refractivity contribution < 1.29 is 14.7 Å². The van der Waals surface area contributed by atoms with Crippen LogP contribution in [0.15, 0.2) is 78.9 Å². The summed E-state index contributed by atoms with van der Waals surface area (Å²) in [6.45, 7) is 9.66. The highest BCUT2D eigenvalue weighted by molar-refractivity contribution is 5.99. The summed E-state index contributed by atoms with van der Waals surface area (Å²) in [5.74, 6) is -0.429. The highest BCUT2D eigenvalue weighted by Gasteiger charge is 2.27. The van der Waals surface area contributed by atoms with E-state index in [1.807, 2.05) is 75.1 Å². The maximum absolute atomic E-state index is 13.4. The first-order chi connectivity index (χ1) is 19.7. The Kier molecular flexibility index (Phi) is 11.6. The number of benzene rings is 3. The number of aliphatic hydroxyl groups is 1. The van der Waals surface area contributed by atoms with Crippen LogP contribution in [0.25, 0.3) is 0 Å². The van der Waals surface area contributed by atoms with Crippen molar-refractivity contribution in [1.82, 2.24) is 15.5 Å². The Morgan fingerprint density at radius 2 is 1.56 bits per heavy atom. The number of hydrogen-bond donors (Lipinski definition) is 3. The molecule has 0 spiro atoms. The largest absolute Gasteiger partial charge is 0.390 e. The van der Waals surface area contributed by atoms with E-state index in [0.29, 0.717) is 36.2 Å². The first-order valence-electron chi connectivity index (χ1n) is 14.4. The zero-order valence-electron chi connectivity index (χ0n) is 24.6. The number of amides is 2. The average molecular weight is 555 g/mol. The van der Waals surface area contributed by atoms with E-state index in [-0.39, 0.29) is 18.4 Å². The summed E-state index contributed by atoms with van der Waals surface area (Å²) in [6.07, 6.45) is 1.26. The van der Waals surface area contributed by atoms with Crippen LogP contribution in [0.1, 0.15) is 77.9 Å². The van der Waals surface area contributed by atoms with Gasteiger partial charge in [0.2, 0.25) is 0 Å². The Balaban J connectivity index is 1.77. The van der Waals surface area contributed by atoms with Crippen LogP contribution in [0.4, 0.5) is 0 Å². The van der Waals surface area contributed by atoms with E-state index >= 15 is 0 Å². The van der Waals surface area contributed by atoms with E-state index in [1.54, 1.807) is 36.4 Å². The molecule has 0 radical (unpaired) electrons. The minimum absolute atomic E-state index is 0.0848. The summed E-state index contributed by atoms with van der Waals surface area (Å²) in [5, 5.41) is 26.9. The second-order valence-electron chi connectivity index (χ2n) is 10.9.